The number of carbonyl (C=O) groups is 1. The zero-order chi connectivity index (χ0) is 14.5. The second-order valence-electron chi connectivity index (χ2n) is 4.68. The fourth-order valence-electron chi connectivity index (χ4n) is 1.53. The maximum absolute atomic E-state index is 11.6. The van der Waals surface area contributed by atoms with E-state index in [1.807, 2.05) is 50.2 Å². The van der Waals surface area contributed by atoms with Crippen molar-refractivity contribution in [3.63, 3.8) is 0 Å². The van der Waals surface area contributed by atoms with Crippen LogP contribution in [0.1, 0.15) is 13.8 Å². The van der Waals surface area contributed by atoms with Crippen molar-refractivity contribution in [3.05, 3.63) is 47.1 Å². The molecule has 104 valence electrons. The summed E-state index contributed by atoms with van der Waals surface area (Å²) >= 11 is 3.47. The highest BCUT2D eigenvalue weighted by molar-refractivity contribution is 9.10. The van der Waals surface area contributed by atoms with Crippen molar-refractivity contribution in [1.29, 1.82) is 0 Å². The van der Waals surface area contributed by atoms with Crippen LogP contribution in [0, 0.1) is 5.92 Å². The Kier molecular flexibility index (Phi) is 4.74. The number of pyridine rings is 1. The van der Waals surface area contributed by atoms with Crippen molar-refractivity contribution in [3.8, 4) is 0 Å². The lowest BCUT2D eigenvalue weighted by Crippen LogP contribution is -2.17. The summed E-state index contributed by atoms with van der Waals surface area (Å²) in [6.07, 6.45) is 1.64. The number of halogens is 1. The summed E-state index contributed by atoms with van der Waals surface area (Å²) in [5, 5.41) is 6.01. The molecule has 2 aromatic rings. The number of carbonyl (C=O) groups excluding carboxylic acids is 1. The Morgan fingerprint density at radius 3 is 2.55 bits per heavy atom. The molecule has 1 amide bonds. The van der Waals surface area contributed by atoms with Crippen LogP contribution in [0.3, 0.4) is 0 Å². The highest BCUT2D eigenvalue weighted by Crippen LogP contribution is 2.24. The predicted molar refractivity (Wildman–Crippen MR) is 85.1 cm³/mol. The molecular weight excluding hydrogens is 318 g/mol. The van der Waals surface area contributed by atoms with E-state index in [1.54, 1.807) is 6.20 Å². The van der Waals surface area contributed by atoms with Crippen LogP contribution in [0.25, 0.3) is 0 Å². The van der Waals surface area contributed by atoms with Crippen LogP contribution in [0.2, 0.25) is 0 Å². The van der Waals surface area contributed by atoms with E-state index in [-0.39, 0.29) is 11.8 Å². The van der Waals surface area contributed by atoms with Gasteiger partial charge in [0.1, 0.15) is 5.82 Å². The summed E-state index contributed by atoms with van der Waals surface area (Å²) < 4.78 is 0.971. The topological polar surface area (TPSA) is 54.0 Å². The highest BCUT2D eigenvalue weighted by atomic mass is 79.9. The van der Waals surface area contributed by atoms with Gasteiger partial charge >= 0.3 is 0 Å². The van der Waals surface area contributed by atoms with Crippen LogP contribution in [-0.4, -0.2) is 10.9 Å². The van der Waals surface area contributed by atoms with Crippen molar-refractivity contribution in [1.82, 2.24) is 4.98 Å². The number of para-hydroxylation sites is 1. The van der Waals surface area contributed by atoms with Crippen molar-refractivity contribution < 1.29 is 4.79 Å². The fourth-order valence-corrected chi connectivity index (χ4v) is 1.91. The first-order chi connectivity index (χ1) is 9.56. The van der Waals surface area contributed by atoms with Crippen molar-refractivity contribution in [2.75, 3.05) is 10.6 Å². The van der Waals surface area contributed by atoms with Gasteiger partial charge in [-0.3, -0.25) is 4.79 Å². The molecule has 0 unspecified atom stereocenters. The van der Waals surface area contributed by atoms with E-state index < -0.39 is 0 Å². The molecule has 2 rings (SSSR count). The van der Waals surface area contributed by atoms with Crippen LogP contribution in [-0.2, 0) is 4.79 Å². The zero-order valence-electron chi connectivity index (χ0n) is 11.4. The zero-order valence-corrected chi connectivity index (χ0v) is 12.9. The smallest absolute Gasteiger partial charge is 0.226 e. The molecule has 1 aromatic carbocycles. The SMILES string of the molecule is CC(C)C(=O)Nc1ccc(Nc2ccccc2Br)nc1. The van der Waals surface area contributed by atoms with E-state index in [0.29, 0.717) is 5.69 Å². The summed E-state index contributed by atoms with van der Waals surface area (Å²) in [6, 6.07) is 11.5. The molecule has 0 radical (unpaired) electrons. The lowest BCUT2D eigenvalue weighted by atomic mass is 10.2. The van der Waals surface area contributed by atoms with Crippen LogP contribution in [0.15, 0.2) is 47.1 Å². The standard InChI is InChI=1S/C15H16BrN3O/c1-10(2)15(20)18-11-7-8-14(17-9-11)19-13-6-4-3-5-12(13)16/h3-10H,1-2H3,(H,17,19)(H,18,20). The Labute approximate surface area is 126 Å². The molecule has 4 nitrogen and oxygen atoms in total. The Morgan fingerprint density at radius 2 is 1.95 bits per heavy atom. The van der Waals surface area contributed by atoms with E-state index in [4.69, 9.17) is 0 Å². The molecule has 0 fully saturated rings. The lowest BCUT2D eigenvalue weighted by molar-refractivity contribution is -0.118. The second kappa shape index (κ2) is 6.52. The molecule has 0 aliphatic heterocycles. The third kappa shape index (κ3) is 3.81. The molecule has 1 aromatic heterocycles. The molecule has 0 atom stereocenters. The first-order valence-electron chi connectivity index (χ1n) is 6.34. The van der Waals surface area contributed by atoms with Gasteiger partial charge in [-0.25, -0.2) is 4.98 Å². The number of amides is 1. The first-order valence-corrected chi connectivity index (χ1v) is 7.14. The summed E-state index contributed by atoms with van der Waals surface area (Å²) in [6.45, 7) is 3.71. The van der Waals surface area contributed by atoms with Gasteiger partial charge < -0.3 is 10.6 Å². The normalized spacial score (nSPS) is 10.4. The van der Waals surface area contributed by atoms with Gasteiger partial charge in [-0.05, 0) is 40.2 Å². The van der Waals surface area contributed by atoms with Gasteiger partial charge in [0, 0.05) is 10.4 Å². The van der Waals surface area contributed by atoms with Crippen molar-refractivity contribution >= 4 is 39.0 Å². The summed E-state index contributed by atoms with van der Waals surface area (Å²) in [4.78, 5) is 15.9. The Balaban J connectivity index is 2.05. The van der Waals surface area contributed by atoms with Gasteiger partial charge in [0.2, 0.25) is 5.91 Å². The maximum Gasteiger partial charge on any atom is 0.226 e. The average molecular weight is 334 g/mol. The minimum atomic E-state index is -0.0481. The fraction of sp³-hybridized carbons (Fsp3) is 0.200. The van der Waals surface area contributed by atoms with E-state index in [9.17, 15) is 4.79 Å². The number of anilines is 3. The van der Waals surface area contributed by atoms with Crippen LogP contribution < -0.4 is 10.6 Å². The average Bonchev–Trinajstić information content (AvgIpc) is 2.43. The van der Waals surface area contributed by atoms with Gasteiger partial charge in [-0.2, -0.15) is 0 Å². The molecule has 0 aliphatic rings. The Hall–Kier alpha value is -1.88. The third-order valence-corrected chi connectivity index (χ3v) is 3.38. The summed E-state index contributed by atoms with van der Waals surface area (Å²) in [5.41, 5.74) is 1.64. The van der Waals surface area contributed by atoms with E-state index >= 15 is 0 Å². The van der Waals surface area contributed by atoms with Crippen molar-refractivity contribution in [2.24, 2.45) is 5.92 Å². The lowest BCUT2D eigenvalue weighted by Gasteiger charge is -2.10. The van der Waals surface area contributed by atoms with Crippen LogP contribution in [0.5, 0.6) is 0 Å². The monoisotopic (exact) mass is 333 g/mol. The second-order valence-corrected chi connectivity index (χ2v) is 5.54. The van der Waals surface area contributed by atoms with Gasteiger partial charge in [-0.15, -0.1) is 0 Å². The van der Waals surface area contributed by atoms with Gasteiger partial charge in [0.15, 0.2) is 0 Å². The molecule has 0 saturated heterocycles. The molecular formula is C15H16BrN3O. The third-order valence-electron chi connectivity index (χ3n) is 2.69. The van der Waals surface area contributed by atoms with Gasteiger partial charge in [-0.1, -0.05) is 26.0 Å². The number of nitrogens with one attached hydrogen (secondary N) is 2. The molecule has 0 bridgehead atoms. The minimum Gasteiger partial charge on any atom is -0.339 e. The summed E-state index contributed by atoms with van der Waals surface area (Å²) in [7, 11) is 0. The predicted octanol–water partition coefficient (Wildman–Crippen LogP) is 4.18. The number of hydrogen-bond donors (Lipinski definition) is 2. The molecule has 1 heterocycles. The van der Waals surface area contributed by atoms with E-state index in [2.05, 4.69) is 31.5 Å². The van der Waals surface area contributed by atoms with E-state index in [1.165, 1.54) is 0 Å². The summed E-state index contributed by atoms with van der Waals surface area (Å²) in [5.74, 6) is 0.658. The minimum absolute atomic E-state index is 0.0155. The van der Waals surface area contributed by atoms with Gasteiger partial charge in [0.25, 0.3) is 0 Å². The molecule has 2 N–H and O–H groups in total. The van der Waals surface area contributed by atoms with Crippen LogP contribution in [0.4, 0.5) is 17.2 Å². The first kappa shape index (κ1) is 14.5. The molecule has 20 heavy (non-hydrogen) atoms. The van der Waals surface area contributed by atoms with Crippen molar-refractivity contribution in [2.45, 2.75) is 13.8 Å². The number of nitrogens with zero attached hydrogens (tertiary/aromatic N) is 1. The largest absolute Gasteiger partial charge is 0.339 e. The number of benzene rings is 1. The quantitative estimate of drug-likeness (QED) is 0.882. The molecule has 0 saturated carbocycles. The Morgan fingerprint density at radius 1 is 1.20 bits per heavy atom. The number of aromatic nitrogens is 1. The van der Waals surface area contributed by atoms with E-state index in [0.717, 1.165) is 16.0 Å². The van der Waals surface area contributed by atoms with Crippen LogP contribution >= 0.6 is 15.9 Å². The molecule has 0 spiro atoms. The maximum atomic E-state index is 11.6. The molecule has 5 heteroatoms. The Bertz CT molecular complexity index is 596. The number of hydrogen-bond acceptors (Lipinski definition) is 3. The molecule has 0 aliphatic carbocycles. The highest BCUT2D eigenvalue weighted by Gasteiger charge is 2.07. The number of rotatable bonds is 4. The van der Waals surface area contributed by atoms with Gasteiger partial charge in [0.05, 0.1) is 17.6 Å².